The molecule has 0 aliphatic heterocycles. The predicted octanol–water partition coefficient (Wildman–Crippen LogP) is 2.87. The Bertz CT molecular complexity index is 330. The minimum Gasteiger partial charge on any atom is -0.358 e. The van der Waals surface area contributed by atoms with Crippen molar-refractivity contribution < 1.29 is 0 Å². The molecule has 14 heavy (non-hydrogen) atoms. The quantitative estimate of drug-likeness (QED) is 0.773. The third-order valence-corrected chi connectivity index (χ3v) is 3.66. The van der Waals surface area contributed by atoms with E-state index in [-0.39, 0.29) is 0 Å². The summed E-state index contributed by atoms with van der Waals surface area (Å²) in [6.07, 6.45) is 5.52. The Kier molecular flexibility index (Phi) is 2.87. The van der Waals surface area contributed by atoms with Crippen molar-refractivity contribution in [1.82, 2.24) is 4.98 Å². The van der Waals surface area contributed by atoms with E-state index in [0.717, 1.165) is 24.0 Å². The lowest BCUT2D eigenvalue weighted by Crippen LogP contribution is -2.09. The molecule has 1 aliphatic carbocycles. The molecule has 1 N–H and O–H groups in total. The fourth-order valence-electron chi connectivity index (χ4n) is 1.77. The molecule has 1 aliphatic rings. The smallest absolute Gasteiger partial charge is 0.183 e. The zero-order valence-corrected chi connectivity index (χ0v) is 9.36. The number of hydrogen-bond donors (Lipinski definition) is 1. The molecule has 2 rings (SSSR count). The zero-order valence-electron chi connectivity index (χ0n) is 8.55. The highest BCUT2D eigenvalue weighted by Crippen LogP contribution is 2.31. The summed E-state index contributed by atoms with van der Waals surface area (Å²) < 4.78 is 0. The lowest BCUT2D eigenvalue weighted by atomic mass is 9.93. The van der Waals surface area contributed by atoms with Gasteiger partial charge in [0.15, 0.2) is 5.13 Å². The van der Waals surface area contributed by atoms with Crippen LogP contribution in [0.3, 0.4) is 0 Å². The molecular formula is C11H16N2S. The molecule has 1 unspecified atom stereocenters. The summed E-state index contributed by atoms with van der Waals surface area (Å²) >= 11 is 1.81. The molecule has 1 heterocycles. The Morgan fingerprint density at radius 3 is 3.36 bits per heavy atom. The van der Waals surface area contributed by atoms with Crippen molar-refractivity contribution in [3.05, 3.63) is 23.2 Å². The summed E-state index contributed by atoms with van der Waals surface area (Å²) in [4.78, 5) is 6.06. The number of anilines is 1. The van der Waals surface area contributed by atoms with Gasteiger partial charge in [-0.1, -0.05) is 13.0 Å². The number of aromatic nitrogens is 1. The van der Waals surface area contributed by atoms with Crippen molar-refractivity contribution in [2.24, 2.45) is 5.92 Å². The normalized spacial score (nSPS) is 20.2. The second-order valence-corrected chi connectivity index (χ2v) is 4.99. The molecule has 76 valence electrons. The van der Waals surface area contributed by atoms with Crippen LogP contribution in [0.25, 0.3) is 0 Å². The lowest BCUT2D eigenvalue weighted by Gasteiger charge is -2.15. The Morgan fingerprint density at radius 2 is 2.57 bits per heavy atom. The van der Waals surface area contributed by atoms with Crippen molar-refractivity contribution in [3.63, 3.8) is 0 Å². The van der Waals surface area contributed by atoms with Gasteiger partial charge >= 0.3 is 0 Å². The van der Waals surface area contributed by atoms with Gasteiger partial charge in [-0.25, -0.2) is 4.98 Å². The molecule has 1 aromatic rings. The van der Waals surface area contributed by atoms with Crippen LogP contribution in [0.15, 0.2) is 12.7 Å². The second kappa shape index (κ2) is 4.13. The number of fused-ring (bicyclic) bond motifs is 1. The van der Waals surface area contributed by atoms with Crippen LogP contribution in [0.4, 0.5) is 5.13 Å². The van der Waals surface area contributed by atoms with Crippen LogP contribution in [0.1, 0.15) is 23.9 Å². The highest BCUT2D eigenvalue weighted by molar-refractivity contribution is 7.15. The molecular weight excluding hydrogens is 192 g/mol. The summed E-state index contributed by atoms with van der Waals surface area (Å²) in [5.41, 5.74) is 1.32. The largest absolute Gasteiger partial charge is 0.358 e. The van der Waals surface area contributed by atoms with Crippen LogP contribution in [-0.4, -0.2) is 11.5 Å². The minimum absolute atomic E-state index is 0.807. The van der Waals surface area contributed by atoms with Crippen molar-refractivity contribution in [2.75, 3.05) is 11.9 Å². The molecule has 0 bridgehead atoms. The van der Waals surface area contributed by atoms with Crippen LogP contribution >= 0.6 is 11.3 Å². The topological polar surface area (TPSA) is 24.9 Å². The molecule has 0 radical (unpaired) electrons. The summed E-state index contributed by atoms with van der Waals surface area (Å²) in [6.45, 7) is 6.81. The van der Waals surface area contributed by atoms with Crippen LogP contribution in [-0.2, 0) is 12.8 Å². The van der Waals surface area contributed by atoms with E-state index in [2.05, 4.69) is 23.8 Å². The average Bonchev–Trinajstić information content (AvgIpc) is 2.56. The molecule has 1 aromatic heterocycles. The number of nitrogens with zero attached hydrogens (tertiary/aromatic N) is 1. The first kappa shape index (κ1) is 9.71. The molecule has 0 aromatic carbocycles. The van der Waals surface area contributed by atoms with Gasteiger partial charge in [-0.3, -0.25) is 0 Å². The van der Waals surface area contributed by atoms with E-state index in [9.17, 15) is 0 Å². The molecule has 0 saturated heterocycles. The van der Waals surface area contributed by atoms with Gasteiger partial charge in [-0.2, -0.15) is 0 Å². The second-order valence-electron chi connectivity index (χ2n) is 3.91. The predicted molar refractivity (Wildman–Crippen MR) is 62.0 cm³/mol. The molecule has 3 heteroatoms. The molecule has 0 saturated carbocycles. The van der Waals surface area contributed by atoms with E-state index < -0.39 is 0 Å². The maximum atomic E-state index is 4.58. The first-order chi connectivity index (χ1) is 6.79. The van der Waals surface area contributed by atoms with Gasteiger partial charge in [0.05, 0.1) is 5.69 Å². The Hall–Kier alpha value is -0.830. The average molecular weight is 208 g/mol. The fraction of sp³-hybridized carbons (Fsp3) is 0.545. The minimum atomic E-state index is 0.807. The Morgan fingerprint density at radius 1 is 1.71 bits per heavy atom. The third-order valence-electron chi connectivity index (χ3n) is 2.58. The number of hydrogen-bond acceptors (Lipinski definition) is 3. The number of thiazole rings is 1. The zero-order chi connectivity index (χ0) is 9.97. The first-order valence-corrected chi connectivity index (χ1v) is 5.94. The fourth-order valence-corrected chi connectivity index (χ4v) is 2.95. The maximum Gasteiger partial charge on any atom is 0.183 e. The van der Waals surface area contributed by atoms with Crippen molar-refractivity contribution in [2.45, 2.75) is 26.2 Å². The number of nitrogens with one attached hydrogen (secondary N) is 1. The van der Waals surface area contributed by atoms with E-state index in [4.69, 9.17) is 0 Å². The van der Waals surface area contributed by atoms with Gasteiger partial charge in [-0.15, -0.1) is 17.9 Å². The van der Waals surface area contributed by atoms with E-state index in [1.54, 1.807) is 0 Å². The summed E-state index contributed by atoms with van der Waals surface area (Å²) in [7, 11) is 0. The van der Waals surface area contributed by atoms with Crippen LogP contribution in [0.2, 0.25) is 0 Å². The summed E-state index contributed by atoms with van der Waals surface area (Å²) in [5.74, 6) is 0.829. The highest BCUT2D eigenvalue weighted by atomic mass is 32.1. The SMILES string of the molecule is C=CCNc1nc2c(s1)CC(C)CC2. The van der Waals surface area contributed by atoms with Gasteiger partial charge in [0.2, 0.25) is 0 Å². The standard InChI is InChI=1S/C11H16N2S/c1-3-6-12-11-13-9-5-4-8(2)7-10(9)14-11/h3,8H,1,4-7H2,2H3,(H,12,13). The summed E-state index contributed by atoms with van der Waals surface area (Å²) in [5, 5.41) is 4.31. The van der Waals surface area contributed by atoms with Gasteiger partial charge in [0.25, 0.3) is 0 Å². The van der Waals surface area contributed by atoms with Crippen molar-refractivity contribution >= 4 is 16.5 Å². The van der Waals surface area contributed by atoms with E-state index in [1.807, 2.05) is 17.4 Å². The first-order valence-electron chi connectivity index (χ1n) is 5.13. The Labute approximate surface area is 89.1 Å². The van der Waals surface area contributed by atoms with E-state index >= 15 is 0 Å². The van der Waals surface area contributed by atoms with Crippen LogP contribution < -0.4 is 5.32 Å². The lowest BCUT2D eigenvalue weighted by molar-refractivity contribution is 0.502. The van der Waals surface area contributed by atoms with Gasteiger partial charge in [0, 0.05) is 11.4 Å². The Balaban J connectivity index is 2.11. The van der Waals surface area contributed by atoms with Gasteiger partial charge < -0.3 is 5.32 Å². The monoisotopic (exact) mass is 208 g/mol. The van der Waals surface area contributed by atoms with Crippen LogP contribution in [0, 0.1) is 5.92 Å². The van der Waals surface area contributed by atoms with E-state index in [1.165, 1.54) is 23.4 Å². The van der Waals surface area contributed by atoms with Crippen molar-refractivity contribution in [1.29, 1.82) is 0 Å². The maximum absolute atomic E-state index is 4.58. The van der Waals surface area contributed by atoms with Crippen LogP contribution in [0.5, 0.6) is 0 Å². The number of aryl methyl sites for hydroxylation is 1. The molecule has 1 atom stereocenters. The van der Waals surface area contributed by atoms with Gasteiger partial charge in [0.1, 0.15) is 0 Å². The third kappa shape index (κ3) is 1.98. The summed E-state index contributed by atoms with van der Waals surface area (Å²) in [6, 6.07) is 0. The molecule has 0 amide bonds. The van der Waals surface area contributed by atoms with E-state index in [0.29, 0.717) is 0 Å². The molecule has 0 spiro atoms. The van der Waals surface area contributed by atoms with Crippen molar-refractivity contribution in [3.8, 4) is 0 Å². The molecule has 0 fully saturated rings. The van der Waals surface area contributed by atoms with Gasteiger partial charge in [-0.05, 0) is 25.2 Å². The molecule has 2 nitrogen and oxygen atoms in total. The number of rotatable bonds is 3. The highest BCUT2D eigenvalue weighted by Gasteiger charge is 2.19.